The Morgan fingerprint density at radius 1 is 1.44 bits per heavy atom. The zero-order valence-electron chi connectivity index (χ0n) is 10.2. The maximum atomic E-state index is 11.7. The van der Waals surface area contributed by atoms with E-state index in [0.29, 0.717) is 9.75 Å². The highest BCUT2D eigenvalue weighted by Gasteiger charge is 2.10. The number of aliphatic hydroxyl groups is 1. The predicted molar refractivity (Wildman–Crippen MR) is 69.3 cm³/mol. The fourth-order valence-electron chi connectivity index (χ4n) is 1.05. The van der Waals surface area contributed by atoms with Crippen LogP contribution in [-0.2, 0) is 4.79 Å². The number of nitrogens with one attached hydrogen (secondary N) is 1. The van der Waals surface area contributed by atoms with E-state index in [4.69, 9.17) is 5.11 Å². The first kappa shape index (κ1) is 14.2. The first-order valence-electron chi connectivity index (χ1n) is 5.22. The maximum Gasteiger partial charge on any atom is 0.261 e. The molecule has 1 aromatic heterocycles. The molecule has 1 rings (SSSR count). The van der Waals surface area contributed by atoms with Crippen molar-refractivity contribution in [3.8, 4) is 11.8 Å². The maximum absolute atomic E-state index is 11.7. The summed E-state index contributed by atoms with van der Waals surface area (Å²) in [5.41, 5.74) is 0. The van der Waals surface area contributed by atoms with Gasteiger partial charge in [-0.2, -0.15) is 0 Å². The van der Waals surface area contributed by atoms with Crippen molar-refractivity contribution in [1.82, 2.24) is 10.2 Å². The largest absolute Gasteiger partial charge is 0.384 e. The molecule has 0 atom stereocenters. The van der Waals surface area contributed by atoms with E-state index in [-0.39, 0.29) is 25.0 Å². The minimum Gasteiger partial charge on any atom is -0.384 e. The summed E-state index contributed by atoms with van der Waals surface area (Å²) < 4.78 is 0. The second-order valence-electron chi connectivity index (χ2n) is 3.59. The minimum absolute atomic E-state index is 0.0264. The van der Waals surface area contributed by atoms with E-state index in [0.717, 1.165) is 0 Å². The fraction of sp³-hybridized carbons (Fsp3) is 0.333. The third-order valence-electron chi connectivity index (χ3n) is 2.02. The van der Waals surface area contributed by atoms with Gasteiger partial charge in [-0.1, -0.05) is 11.8 Å². The Bertz CT molecular complexity index is 497. The molecule has 2 N–H and O–H groups in total. The summed E-state index contributed by atoms with van der Waals surface area (Å²) in [6.07, 6.45) is 0. The van der Waals surface area contributed by atoms with E-state index < -0.39 is 0 Å². The van der Waals surface area contributed by atoms with Gasteiger partial charge in [-0.05, 0) is 12.1 Å². The number of amides is 2. The van der Waals surface area contributed by atoms with Crippen molar-refractivity contribution in [2.75, 3.05) is 27.2 Å². The molecule has 0 aliphatic rings. The Morgan fingerprint density at radius 3 is 2.78 bits per heavy atom. The summed E-state index contributed by atoms with van der Waals surface area (Å²) in [6, 6.07) is 3.34. The molecule has 0 bridgehead atoms. The SMILES string of the molecule is CN(C)C(=O)CNC(=O)c1ccc(C#CCO)s1. The van der Waals surface area contributed by atoms with Gasteiger partial charge in [0.2, 0.25) is 5.91 Å². The van der Waals surface area contributed by atoms with Crippen molar-refractivity contribution in [2.24, 2.45) is 0 Å². The lowest BCUT2D eigenvalue weighted by atomic mass is 10.4. The van der Waals surface area contributed by atoms with Gasteiger partial charge in [0.1, 0.15) is 6.61 Å². The van der Waals surface area contributed by atoms with Crippen LogP contribution in [0.1, 0.15) is 14.5 Å². The van der Waals surface area contributed by atoms with E-state index in [1.54, 1.807) is 26.2 Å². The van der Waals surface area contributed by atoms with Crippen LogP contribution in [0.15, 0.2) is 12.1 Å². The van der Waals surface area contributed by atoms with Gasteiger partial charge in [0.25, 0.3) is 5.91 Å². The number of thiophene rings is 1. The van der Waals surface area contributed by atoms with Crippen LogP contribution in [-0.4, -0.2) is 49.1 Å². The standard InChI is InChI=1S/C12H14N2O3S/c1-14(2)11(16)8-13-12(17)10-6-5-9(18-10)4-3-7-15/h5-6,15H,7-8H2,1-2H3,(H,13,17). The summed E-state index contributed by atoms with van der Waals surface area (Å²) in [7, 11) is 3.25. The van der Waals surface area contributed by atoms with Crippen LogP contribution in [0.3, 0.4) is 0 Å². The molecule has 6 heteroatoms. The molecule has 2 amide bonds. The summed E-state index contributed by atoms with van der Waals surface area (Å²) in [5, 5.41) is 11.1. The van der Waals surface area contributed by atoms with E-state index in [9.17, 15) is 9.59 Å². The molecule has 18 heavy (non-hydrogen) atoms. The summed E-state index contributed by atoms with van der Waals surface area (Å²) in [5.74, 6) is 4.76. The van der Waals surface area contributed by atoms with Crippen LogP contribution < -0.4 is 5.32 Å². The van der Waals surface area contributed by atoms with Gasteiger partial charge in [0.15, 0.2) is 0 Å². The van der Waals surface area contributed by atoms with Gasteiger partial charge in [-0.25, -0.2) is 0 Å². The number of aliphatic hydroxyl groups excluding tert-OH is 1. The lowest BCUT2D eigenvalue weighted by Crippen LogP contribution is -2.35. The molecule has 96 valence electrons. The minimum atomic E-state index is -0.299. The molecule has 0 unspecified atom stereocenters. The molecule has 0 radical (unpaired) electrons. The summed E-state index contributed by atoms with van der Waals surface area (Å²) >= 11 is 1.22. The van der Waals surface area contributed by atoms with Crippen molar-refractivity contribution in [3.05, 3.63) is 21.9 Å². The Labute approximate surface area is 109 Å². The van der Waals surface area contributed by atoms with Crippen LogP contribution in [0.5, 0.6) is 0 Å². The Kier molecular flexibility index (Phi) is 5.36. The number of carbonyl (C=O) groups is 2. The van der Waals surface area contributed by atoms with Gasteiger partial charge in [0.05, 0.1) is 16.3 Å². The number of carbonyl (C=O) groups excluding carboxylic acids is 2. The van der Waals surface area contributed by atoms with Crippen molar-refractivity contribution in [3.63, 3.8) is 0 Å². The highest BCUT2D eigenvalue weighted by Crippen LogP contribution is 2.14. The van der Waals surface area contributed by atoms with Gasteiger partial charge < -0.3 is 15.3 Å². The van der Waals surface area contributed by atoms with Crippen LogP contribution >= 0.6 is 11.3 Å². The van der Waals surface area contributed by atoms with Gasteiger partial charge in [-0.15, -0.1) is 11.3 Å². The van der Waals surface area contributed by atoms with Crippen molar-refractivity contribution in [2.45, 2.75) is 0 Å². The van der Waals surface area contributed by atoms with Crippen molar-refractivity contribution >= 4 is 23.2 Å². The third-order valence-corrected chi connectivity index (χ3v) is 3.02. The average molecular weight is 266 g/mol. The third kappa shape index (κ3) is 4.20. The average Bonchev–Trinajstić information content (AvgIpc) is 2.81. The normalized spacial score (nSPS) is 9.28. The van der Waals surface area contributed by atoms with Crippen LogP contribution in [0.4, 0.5) is 0 Å². The molecule has 0 saturated carbocycles. The molecule has 1 aromatic rings. The van der Waals surface area contributed by atoms with E-state index in [1.807, 2.05) is 0 Å². The monoisotopic (exact) mass is 266 g/mol. The lowest BCUT2D eigenvalue weighted by Gasteiger charge is -2.10. The number of nitrogens with zero attached hydrogens (tertiary/aromatic N) is 1. The van der Waals surface area contributed by atoms with E-state index in [1.165, 1.54) is 16.2 Å². The fourth-order valence-corrected chi connectivity index (χ4v) is 1.85. The molecular formula is C12H14N2O3S. The molecule has 0 fully saturated rings. The first-order valence-corrected chi connectivity index (χ1v) is 6.04. The van der Waals surface area contributed by atoms with E-state index in [2.05, 4.69) is 17.2 Å². The smallest absolute Gasteiger partial charge is 0.261 e. The molecule has 0 aliphatic carbocycles. The molecule has 0 spiro atoms. The second-order valence-corrected chi connectivity index (χ2v) is 4.68. The number of hydrogen-bond acceptors (Lipinski definition) is 4. The number of likely N-dealkylation sites (N-methyl/N-ethyl adjacent to an activating group) is 1. The van der Waals surface area contributed by atoms with Gasteiger partial charge in [-0.3, -0.25) is 9.59 Å². The number of hydrogen-bond donors (Lipinski definition) is 2. The Balaban J connectivity index is 2.57. The zero-order valence-corrected chi connectivity index (χ0v) is 11.0. The highest BCUT2D eigenvalue weighted by molar-refractivity contribution is 7.14. The summed E-state index contributed by atoms with van der Waals surface area (Å²) in [4.78, 5) is 25.6. The molecule has 1 heterocycles. The predicted octanol–water partition coefficient (Wildman–Crippen LogP) is -0.0901. The molecule has 0 aliphatic heterocycles. The quantitative estimate of drug-likeness (QED) is 0.751. The number of rotatable bonds is 3. The lowest BCUT2D eigenvalue weighted by molar-refractivity contribution is -0.127. The van der Waals surface area contributed by atoms with Crippen molar-refractivity contribution in [1.29, 1.82) is 0 Å². The highest BCUT2D eigenvalue weighted by atomic mass is 32.1. The first-order chi connectivity index (χ1) is 8.54. The van der Waals surface area contributed by atoms with Gasteiger partial charge >= 0.3 is 0 Å². The van der Waals surface area contributed by atoms with E-state index >= 15 is 0 Å². The van der Waals surface area contributed by atoms with Crippen LogP contribution in [0.25, 0.3) is 0 Å². The Morgan fingerprint density at radius 2 is 2.17 bits per heavy atom. The van der Waals surface area contributed by atoms with Gasteiger partial charge in [0, 0.05) is 14.1 Å². The topological polar surface area (TPSA) is 69.6 Å². The Hall–Kier alpha value is -1.84. The molecular weight excluding hydrogens is 252 g/mol. The van der Waals surface area contributed by atoms with Crippen LogP contribution in [0, 0.1) is 11.8 Å². The van der Waals surface area contributed by atoms with Crippen molar-refractivity contribution < 1.29 is 14.7 Å². The molecule has 0 aromatic carbocycles. The summed E-state index contributed by atoms with van der Waals surface area (Å²) in [6.45, 7) is -0.238. The molecule has 0 saturated heterocycles. The second kappa shape index (κ2) is 6.79. The zero-order chi connectivity index (χ0) is 13.5. The van der Waals surface area contributed by atoms with Crippen LogP contribution in [0.2, 0.25) is 0 Å². The molecule has 5 nitrogen and oxygen atoms in total.